The van der Waals surface area contributed by atoms with Gasteiger partial charge in [0.15, 0.2) is 0 Å². The number of para-hydroxylation sites is 1. The molecule has 10 heteroatoms. The molecule has 0 bridgehead atoms. The van der Waals surface area contributed by atoms with Gasteiger partial charge < -0.3 is 25.4 Å². The molecule has 4 rings (SSSR count). The lowest BCUT2D eigenvalue weighted by molar-refractivity contribution is -0.114. The second-order valence-electron chi connectivity index (χ2n) is 8.78. The van der Waals surface area contributed by atoms with Crippen molar-refractivity contribution in [3.63, 3.8) is 0 Å². The van der Waals surface area contributed by atoms with Crippen molar-refractivity contribution in [1.29, 1.82) is 0 Å². The third-order valence-electron chi connectivity index (χ3n) is 5.88. The largest absolute Gasteiger partial charge is 0.497 e. The highest BCUT2D eigenvalue weighted by atomic mass is 35.5. The minimum absolute atomic E-state index is 0.00687. The van der Waals surface area contributed by atoms with Gasteiger partial charge in [-0.05, 0) is 66.7 Å². The van der Waals surface area contributed by atoms with E-state index in [-0.39, 0.29) is 17.4 Å². The van der Waals surface area contributed by atoms with Crippen LogP contribution in [0.3, 0.4) is 0 Å². The minimum Gasteiger partial charge on any atom is -0.497 e. The number of anilines is 2. The van der Waals surface area contributed by atoms with Crippen molar-refractivity contribution in [3.8, 4) is 11.5 Å². The molecule has 214 valence electrons. The molecule has 0 unspecified atom stereocenters. The van der Waals surface area contributed by atoms with E-state index in [2.05, 4.69) is 16.0 Å². The summed E-state index contributed by atoms with van der Waals surface area (Å²) in [5.41, 5.74) is 1.93. The Bertz CT molecular complexity index is 1610. The summed E-state index contributed by atoms with van der Waals surface area (Å²) in [4.78, 5) is 39.7. The first-order chi connectivity index (χ1) is 20.4. The lowest BCUT2D eigenvalue weighted by Crippen LogP contribution is -2.30. The summed E-state index contributed by atoms with van der Waals surface area (Å²) >= 11 is 7.43. The molecule has 0 aromatic heterocycles. The van der Waals surface area contributed by atoms with Gasteiger partial charge in [-0.2, -0.15) is 0 Å². The van der Waals surface area contributed by atoms with Crippen molar-refractivity contribution in [2.45, 2.75) is 4.90 Å². The molecule has 42 heavy (non-hydrogen) atoms. The van der Waals surface area contributed by atoms with E-state index in [4.69, 9.17) is 21.1 Å². The van der Waals surface area contributed by atoms with Gasteiger partial charge >= 0.3 is 0 Å². The van der Waals surface area contributed by atoms with Crippen molar-refractivity contribution in [2.75, 3.05) is 30.6 Å². The van der Waals surface area contributed by atoms with Gasteiger partial charge in [0.1, 0.15) is 17.2 Å². The molecule has 0 saturated carbocycles. The van der Waals surface area contributed by atoms with Gasteiger partial charge in [-0.3, -0.25) is 14.4 Å². The lowest BCUT2D eigenvalue weighted by Gasteiger charge is -2.14. The van der Waals surface area contributed by atoms with Crippen LogP contribution in [0.5, 0.6) is 11.5 Å². The Morgan fingerprint density at radius 3 is 2.33 bits per heavy atom. The number of benzene rings is 4. The van der Waals surface area contributed by atoms with E-state index < -0.39 is 11.8 Å². The third kappa shape index (κ3) is 8.39. The lowest BCUT2D eigenvalue weighted by atomic mass is 10.1. The van der Waals surface area contributed by atoms with Gasteiger partial charge in [-0.1, -0.05) is 48.0 Å². The number of carbonyl (C=O) groups is 3. The average molecular weight is 602 g/mol. The normalized spacial score (nSPS) is 10.9. The molecule has 8 nitrogen and oxygen atoms in total. The number of rotatable bonds is 11. The van der Waals surface area contributed by atoms with Gasteiger partial charge in [0, 0.05) is 21.7 Å². The van der Waals surface area contributed by atoms with E-state index in [1.54, 1.807) is 91.0 Å². The number of nitrogens with one attached hydrogen (secondary N) is 3. The number of methoxy groups -OCH3 is 2. The van der Waals surface area contributed by atoms with Crippen molar-refractivity contribution < 1.29 is 23.9 Å². The SMILES string of the molecule is COc1ccc(OC)c(/C=C(/NC(=O)c2ccccc2)C(=O)Nc2cccc(SCC(=O)Nc3ccccc3Cl)c2)c1. The number of thioether (sulfide) groups is 1. The highest BCUT2D eigenvalue weighted by Crippen LogP contribution is 2.27. The zero-order chi connectivity index (χ0) is 29.9. The smallest absolute Gasteiger partial charge is 0.272 e. The van der Waals surface area contributed by atoms with Crippen LogP contribution >= 0.6 is 23.4 Å². The second-order valence-corrected chi connectivity index (χ2v) is 10.2. The number of halogens is 1. The summed E-state index contributed by atoms with van der Waals surface area (Å²) in [6.07, 6.45) is 1.52. The van der Waals surface area contributed by atoms with Crippen LogP contribution in [0, 0.1) is 0 Å². The number of hydrogen-bond donors (Lipinski definition) is 3. The standard InChI is InChI=1S/C32H28ClN3O5S/c1-40-24-15-16-29(41-2)22(17-24)18-28(36-31(38)21-9-4-3-5-10-21)32(39)34-23-11-8-12-25(19-23)42-20-30(37)35-27-14-7-6-13-26(27)33/h3-19H,20H2,1-2H3,(H,34,39)(H,35,37)(H,36,38)/b28-18+. The highest BCUT2D eigenvalue weighted by Gasteiger charge is 2.17. The van der Waals surface area contributed by atoms with Crippen LogP contribution in [0.4, 0.5) is 11.4 Å². The van der Waals surface area contributed by atoms with Crippen molar-refractivity contribution in [2.24, 2.45) is 0 Å². The number of hydrogen-bond acceptors (Lipinski definition) is 6. The fourth-order valence-corrected chi connectivity index (χ4v) is 4.75. The molecule has 0 saturated heterocycles. The zero-order valence-corrected chi connectivity index (χ0v) is 24.4. The molecule has 4 aromatic carbocycles. The van der Waals surface area contributed by atoms with E-state index >= 15 is 0 Å². The molecule has 0 aliphatic carbocycles. The molecular formula is C32H28ClN3O5S. The first-order valence-electron chi connectivity index (χ1n) is 12.7. The Labute approximate surface area is 253 Å². The average Bonchev–Trinajstić information content (AvgIpc) is 3.01. The summed E-state index contributed by atoms with van der Waals surface area (Å²) in [7, 11) is 3.05. The second kappa shape index (κ2) is 14.8. The third-order valence-corrected chi connectivity index (χ3v) is 7.20. The predicted octanol–water partition coefficient (Wildman–Crippen LogP) is 6.50. The van der Waals surface area contributed by atoms with Gasteiger partial charge in [-0.25, -0.2) is 0 Å². The quantitative estimate of drug-likeness (QED) is 0.134. The predicted molar refractivity (Wildman–Crippen MR) is 167 cm³/mol. The summed E-state index contributed by atoms with van der Waals surface area (Å²) in [6.45, 7) is 0. The molecule has 0 atom stereocenters. The van der Waals surface area contributed by atoms with Crippen molar-refractivity contribution in [1.82, 2.24) is 5.32 Å². The zero-order valence-electron chi connectivity index (χ0n) is 22.8. The van der Waals surface area contributed by atoms with Crippen LogP contribution in [-0.2, 0) is 9.59 Å². The van der Waals surface area contributed by atoms with Crippen LogP contribution in [0.15, 0.2) is 108 Å². The Morgan fingerprint density at radius 2 is 1.60 bits per heavy atom. The van der Waals surface area contributed by atoms with Crippen LogP contribution in [0.1, 0.15) is 15.9 Å². The van der Waals surface area contributed by atoms with E-state index in [1.165, 1.54) is 32.1 Å². The molecule has 4 aromatic rings. The van der Waals surface area contributed by atoms with Crippen LogP contribution in [-0.4, -0.2) is 37.7 Å². The minimum atomic E-state index is -0.553. The Morgan fingerprint density at radius 1 is 0.833 bits per heavy atom. The van der Waals surface area contributed by atoms with Gasteiger partial charge in [0.25, 0.3) is 11.8 Å². The molecule has 0 aliphatic rings. The Hall–Kier alpha value is -4.73. The topological polar surface area (TPSA) is 106 Å². The first-order valence-corrected chi connectivity index (χ1v) is 14.1. The summed E-state index contributed by atoms with van der Waals surface area (Å²) in [5.74, 6) is -0.0431. The summed E-state index contributed by atoms with van der Waals surface area (Å²) < 4.78 is 10.8. The molecule has 0 aliphatic heterocycles. The molecule has 0 radical (unpaired) electrons. The maximum Gasteiger partial charge on any atom is 0.272 e. The van der Waals surface area contributed by atoms with Crippen LogP contribution in [0.25, 0.3) is 6.08 Å². The Kier molecular flexibility index (Phi) is 10.6. The molecule has 0 fully saturated rings. The van der Waals surface area contributed by atoms with Gasteiger partial charge in [0.2, 0.25) is 5.91 Å². The van der Waals surface area contributed by atoms with E-state index in [1.807, 2.05) is 6.07 Å². The molecule has 0 spiro atoms. The first kappa shape index (κ1) is 30.2. The maximum atomic E-state index is 13.5. The molecule has 0 heterocycles. The van der Waals surface area contributed by atoms with Gasteiger partial charge in [-0.15, -0.1) is 11.8 Å². The fourth-order valence-electron chi connectivity index (χ4n) is 3.81. The Balaban J connectivity index is 1.52. The van der Waals surface area contributed by atoms with E-state index in [0.29, 0.717) is 39.0 Å². The number of carbonyl (C=O) groups excluding carboxylic acids is 3. The van der Waals surface area contributed by atoms with Crippen LogP contribution in [0.2, 0.25) is 5.02 Å². The summed E-state index contributed by atoms with van der Waals surface area (Å²) in [6, 6.07) is 27.8. The monoisotopic (exact) mass is 601 g/mol. The fraction of sp³-hybridized carbons (Fsp3) is 0.0938. The maximum absolute atomic E-state index is 13.5. The van der Waals surface area contributed by atoms with E-state index in [0.717, 1.165) is 4.90 Å². The van der Waals surface area contributed by atoms with E-state index in [9.17, 15) is 14.4 Å². The van der Waals surface area contributed by atoms with Crippen molar-refractivity contribution in [3.05, 3.63) is 119 Å². The van der Waals surface area contributed by atoms with Gasteiger partial charge in [0.05, 0.1) is 30.7 Å². The molecule has 3 amide bonds. The number of ether oxygens (including phenoxy) is 2. The number of amides is 3. The molecule has 3 N–H and O–H groups in total. The molecular weight excluding hydrogens is 574 g/mol. The van der Waals surface area contributed by atoms with Crippen molar-refractivity contribution >= 4 is 58.5 Å². The van der Waals surface area contributed by atoms with Crippen LogP contribution < -0.4 is 25.4 Å². The summed E-state index contributed by atoms with van der Waals surface area (Å²) in [5, 5.41) is 8.79. The highest BCUT2D eigenvalue weighted by molar-refractivity contribution is 8.00.